The van der Waals surface area contributed by atoms with Crippen LogP contribution in [0.4, 0.5) is 0 Å². The van der Waals surface area contributed by atoms with E-state index in [1.807, 2.05) is 7.05 Å². The number of nitrogens with zero attached hydrogens (tertiary/aromatic N) is 1. The van der Waals surface area contributed by atoms with Crippen molar-refractivity contribution in [1.29, 1.82) is 0 Å². The number of amides is 1. The van der Waals surface area contributed by atoms with Crippen LogP contribution in [0.15, 0.2) is 0 Å². The van der Waals surface area contributed by atoms with E-state index in [9.17, 15) is 13.2 Å². The lowest BCUT2D eigenvalue weighted by molar-refractivity contribution is -0.132. The van der Waals surface area contributed by atoms with Crippen molar-refractivity contribution < 1.29 is 13.2 Å². The maximum absolute atomic E-state index is 11.8. The highest BCUT2D eigenvalue weighted by Crippen LogP contribution is 2.20. The Balaban J connectivity index is 2.27. The largest absolute Gasteiger partial charge is 0.343 e. The number of hydrogen-bond donors (Lipinski definition) is 1. The van der Waals surface area contributed by atoms with Crippen molar-refractivity contribution in [3.05, 3.63) is 0 Å². The van der Waals surface area contributed by atoms with Crippen LogP contribution in [0.1, 0.15) is 25.7 Å². The van der Waals surface area contributed by atoms with Gasteiger partial charge in [0.15, 0.2) is 0 Å². The van der Waals surface area contributed by atoms with Crippen LogP contribution in [0.3, 0.4) is 0 Å². The molecule has 1 amide bonds. The molecule has 18 heavy (non-hydrogen) atoms. The number of rotatable bonds is 6. The predicted octanol–water partition coefficient (Wildman–Crippen LogP) is 0.269. The molecule has 0 aromatic carbocycles. The van der Waals surface area contributed by atoms with Gasteiger partial charge >= 0.3 is 0 Å². The fourth-order valence-electron chi connectivity index (χ4n) is 2.25. The molecule has 0 bridgehead atoms. The lowest BCUT2D eigenvalue weighted by Crippen LogP contribution is -2.39. The molecule has 1 saturated heterocycles. The minimum absolute atomic E-state index is 0.0208. The van der Waals surface area contributed by atoms with E-state index >= 15 is 0 Å². The Morgan fingerprint density at radius 3 is 2.44 bits per heavy atom. The van der Waals surface area contributed by atoms with E-state index in [2.05, 4.69) is 5.32 Å². The number of likely N-dealkylation sites (tertiary alicyclic amines) is 1. The molecule has 6 heteroatoms. The predicted molar refractivity (Wildman–Crippen MR) is 72.2 cm³/mol. The Kier molecular flexibility index (Phi) is 6.08. The number of sulfone groups is 1. The summed E-state index contributed by atoms with van der Waals surface area (Å²) in [6.07, 6.45) is 4.52. The summed E-state index contributed by atoms with van der Waals surface area (Å²) in [6.45, 7) is 2.57. The molecule has 5 nitrogen and oxygen atoms in total. The average Bonchev–Trinajstić information content (AvgIpc) is 2.33. The van der Waals surface area contributed by atoms with E-state index in [4.69, 9.17) is 0 Å². The number of piperidine rings is 1. The van der Waals surface area contributed by atoms with Gasteiger partial charge in [-0.2, -0.15) is 0 Å². The van der Waals surface area contributed by atoms with Crippen LogP contribution in [-0.4, -0.2) is 57.9 Å². The standard InChI is InChI=1S/C12H24N2O3S/c1-13-7-3-11-4-8-14(9-5-11)12(15)6-10-18(2,16)17/h11,13H,3-10H2,1-2H3. The van der Waals surface area contributed by atoms with Gasteiger partial charge < -0.3 is 10.2 Å². The summed E-state index contributed by atoms with van der Waals surface area (Å²) in [6, 6.07) is 0. The van der Waals surface area contributed by atoms with Crippen molar-refractivity contribution in [1.82, 2.24) is 10.2 Å². The Morgan fingerprint density at radius 2 is 1.94 bits per heavy atom. The number of nitrogens with one attached hydrogen (secondary N) is 1. The van der Waals surface area contributed by atoms with E-state index in [0.29, 0.717) is 5.92 Å². The number of carbonyl (C=O) groups excluding carboxylic acids is 1. The van der Waals surface area contributed by atoms with Gasteiger partial charge in [-0.1, -0.05) is 0 Å². The van der Waals surface area contributed by atoms with E-state index in [-0.39, 0.29) is 18.1 Å². The molecule has 1 rings (SSSR count). The maximum Gasteiger partial charge on any atom is 0.223 e. The summed E-state index contributed by atoms with van der Waals surface area (Å²) < 4.78 is 22.0. The quantitative estimate of drug-likeness (QED) is 0.756. The van der Waals surface area contributed by atoms with Crippen LogP contribution in [0.25, 0.3) is 0 Å². The second-order valence-corrected chi connectivity index (χ2v) is 7.36. The molecule has 0 atom stereocenters. The monoisotopic (exact) mass is 276 g/mol. The van der Waals surface area contributed by atoms with Crippen LogP contribution in [-0.2, 0) is 14.6 Å². The van der Waals surface area contributed by atoms with Crippen LogP contribution in [0.2, 0.25) is 0 Å². The number of carbonyl (C=O) groups is 1. The third-order valence-electron chi connectivity index (χ3n) is 3.46. The molecule has 0 aromatic rings. The van der Waals surface area contributed by atoms with Crippen LogP contribution in [0, 0.1) is 5.92 Å². The SMILES string of the molecule is CNCCC1CCN(C(=O)CCS(C)(=O)=O)CC1. The molecule has 1 heterocycles. The molecule has 1 fully saturated rings. The lowest BCUT2D eigenvalue weighted by atomic mass is 9.93. The second kappa shape index (κ2) is 7.09. The van der Waals surface area contributed by atoms with Crippen LogP contribution in [0.5, 0.6) is 0 Å². The van der Waals surface area contributed by atoms with E-state index in [0.717, 1.165) is 38.9 Å². The van der Waals surface area contributed by atoms with E-state index in [1.54, 1.807) is 4.90 Å². The fraction of sp³-hybridized carbons (Fsp3) is 0.917. The zero-order valence-electron chi connectivity index (χ0n) is 11.3. The van der Waals surface area contributed by atoms with Crippen LogP contribution >= 0.6 is 0 Å². The molecule has 1 N–H and O–H groups in total. The van der Waals surface area contributed by atoms with E-state index < -0.39 is 9.84 Å². The molecule has 0 aromatic heterocycles. The molecule has 1 aliphatic rings. The highest BCUT2D eigenvalue weighted by Gasteiger charge is 2.22. The molecule has 1 aliphatic heterocycles. The fourth-order valence-corrected chi connectivity index (χ4v) is 2.80. The van der Waals surface area contributed by atoms with Gasteiger partial charge in [-0.3, -0.25) is 4.79 Å². The first kappa shape index (κ1) is 15.4. The Hall–Kier alpha value is -0.620. The van der Waals surface area contributed by atoms with Gasteiger partial charge in [0, 0.05) is 25.8 Å². The first-order chi connectivity index (χ1) is 8.42. The minimum Gasteiger partial charge on any atom is -0.343 e. The summed E-state index contributed by atoms with van der Waals surface area (Å²) in [5.74, 6) is 0.634. The average molecular weight is 276 g/mol. The third kappa shape index (κ3) is 5.82. The highest BCUT2D eigenvalue weighted by atomic mass is 32.2. The van der Waals surface area contributed by atoms with Gasteiger partial charge in [0.1, 0.15) is 9.84 Å². The summed E-state index contributed by atoms with van der Waals surface area (Å²) in [4.78, 5) is 13.6. The molecule has 0 aliphatic carbocycles. The summed E-state index contributed by atoms with van der Waals surface area (Å²) >= 11 is 0. The van der Waals surface area contributed by atoms with Crippen molar-refractivity contribution in [3.8, 4) is 0 Å². The van der Waals surface area contributed by atoms with Gasteiger partial charge in [0.2, 0.25) is 5.91 Å². The van der Waals surface area contributed by atoms with Gasteiger partial charge in [-0.05, 0) is 38.8 Å². The molecule has 0 radical (unpaired) electrons. The first-order valence-electron chi connectivity index (χ1n) is 6.52. The summed E-state index contributed by atoms with van der Waals surface area (Å²) in [5, 5.41) is 3.14. The number of hydrogen-bond acceptors (Lipinski definition) is 4. The molecule has 106 valence electrons. The van der Waals surface area contributed by atoms with Crippen molar-refractivity contribution in [2.45, 2.75) is 25.7 Å². The van der Waals surface area contributed by atoms with Crippen molar-refractivity contribution in [2.75, 3.05) is 38.7 Å². The molecule has 0 saturated carbocycles. The zero-order chi connectivity index (χ0) is 13.6. The lowest BCUT2D eigenvalue weighted by Gasteiger charge is -2.32. The highest BCUT2D eigenvalue weighted by molar-refractivity contribution is 7.90. The second-order valence-electron chi connectivity index (χ2n) is 5.10. The Labute approximate surface area is 110 Å². The van der Waals surface area contributed by atoms with Gasteiger partial charge in [0.25, 0.3) is 0 Å². The van der Waals surface area contributed by atoms with Crippen LogP contribution < -0.4 is 5.32 Å². The van der Waals surface area contributed by atoms with Gasteiger partial charge in [-0.15, -0.1) is 0 Å². The maximum atomic E-state index is 11.8. The van der Waals surface area contributed by atoms with E-state index in [1.165, 1.54) is 6.26 Å². The normalized spacial score (nSPS) is 18.0. The molecule has 0 unspecified atom stereocenters. The van der Waals surface area contributed by atoms with Crippen molar-refractivity contribution in [2.24, 2.45) is 5.92 Å². The summed E-state index contributed by atoms with van der Waals surface area (Å²) in [7, 11) is -1.09. The van der Waals surface area contributed by atoms with Gasteiger partial charge in [0.05, 0.1) is 5.75 Å². The Bertz CT molecular complexity index is 360. The minimum atomic E-state index is -3.04. The topological polar surface area (TPSA) is 66.5 Å². The molecular formula is C12H24N2O3S. The van der Waals surface area contributed by atoms with Crippen molar-refractivity contribution >= 4 is 15.7 Å². The third-order valence-corrected chi connectivity index (χ3v) is 4.40. The first-order valence-corrected chi connectivity index (χ1v) is 8.58. The van der Waals surface area contributed by atoms with Gasteiger partial charge in [-0.25, -0.2) is 8.42 Å². The van der Waals surface area contributed by atoms with Crippen molar-refractivity contribution in [3.63, 3.8) is 0 Å². The molecular weight excluding hydrogens is 252 g/mol. The summed E-state index contributed by atoms with van der Waals surface area (Å²) in [5.41, 5.74) is 0. The Morgan fingerprint density at radius 1 is 1.33 bits per heavy atom. The zero-order valence-corrected chi connectivity index (χ0v) is 12.1. The molecule has 0 spiro atoms. The smallest absolute Gasteiger partial charge is 0.223 e.